The summed E-state index contributed by atoms with van der Waals surface area (Å²) in [5, 5.41) is 31.0. The molecule has 3 N–H and O–H groups in total. The number of aromatic carboxylic acids is 1. The standard InChI is InChI=1S/C7H4N2O6.C6H8N2/c10-7(11)4-1-5(8(12)13)3-6(2-4)9(14)15;7-4-6-2-1-3-8-5-6/h1-3H,(H,10,11);1-3,5H,4,7H2. The van der Waals surface area contributed by atoms with Crippen molar-refractivity contribution < 1.29 is 25.5 Å². The van der Waals surface area contributed by atoms with E-state index in [1.165, 1.54) is 5.56 Å². The molecule has 0 aliphatic heterocycles. The minimum Gasteiger partial charge on any atom is -0.545 e. The minimum absolute atomic E-state index is 0.601. The van der Waals surface area contributed by atoms with E-state index in [-0.39, 0.29) is 0 Å². The molecular weight excluding hydrogens is 308 g/mol. The van der Waals surface area contributed by atoms with Gasteiger partial charge in [0, 0.05) is 35.7 Å². The van der Waals surface area contributed by atoms with Gasteiger partial charge in [-0.3, -0.25) is 25.2 Å². The molecule has 0 fully saturated rings. The maximum atomic E-state index is 10.4. The molecule has 2 aromatic rings. The molecule has 0 amide bonds. The molecule has 10 heteroatoms. The van der Waals surface area contributed by atoms with Crippen molar-refractivity contribution in [3.05, 3.63) is 74.1 Å². The number of non-ortho nitro benzene ring substituents is 2. The maximum Gasteiger partial charge on any atom is 0.276 e. The van der Waals surface area contributed by atoms with E-state index in [9.17, 15) is 30.1 Å². The second kappa shape index (κ2) is 8.14. The first-order valence-electron chi connectivity index (χ1n) is 6.18. The highest BCUT2D eigenvalue weighted by molar-refractivity contribution is 5.87. The Labute approximate surface area is 129 Å². The van der Waals surface area contributed by atoms with Crippen LogP contribution in [0, 0.1) is 20.2 Å². The number of rotatable bonds is 4. The average molecular weight is 320 g/mol. The van der Waals surface area contributed by atoms with Gasteiger partial charge in [-0.15, -0.1) is 0 Å². The monoisotopic (exact) mass is 320 g/mol. The molecule has 0 aliphatic rings. The number of nitro groups is 2. The third kappa shape index (κ3) is 5.47. The summed E-state index contributed by atoms with van der Waals surface area (Å²) < 4.78 is 0. The van der Waals surface area contributed by atoms with Gasteiger partial charge < -0.3 is 15.6 Å². The molecule has 23 heavy (non-hydrogen) atoms. The zero-order valence-electron chi connectivity index (χ0n) is 11.7. The molecule has 0 atom stereocenters. The number of benzene rings is 1. The Balaban J connectivity index is 0.000000277. The number of carboxylic acids is 1. The summed E-state index contributed by atoms with van der Waals surface area (Å²) in [5.41, 5.74) is 2.98. The maximum absolute atomic E-state index is 10.4. The van der Waals surface area contributed by atoms with Crippen LogP contribution in [0.4, 0.5) is 11.4 Å². The topological polar surface area (TPSA) is 167 Å². The summed E-state index contributed by atoms with van der Waals surface area (Å²) in [7, 11) is 0. The molecule has 0 bridgehead atoms. The van der Waals surface area contributed by atoms with Gasteiger partial charge in [-0.1, -0.05) is 6.07 Å². The summed E-state index contributed by atoms with van der Waals surface area (Å²) in [4.78, 5) is 33.1. The molecule has 0 spiro atoms. The number of pyridine rings is 1. The van der Waals surface area contributed by atoms with Crippen molar-refractivity contribution >= 4 is 17.3 Å². The summed E-state index contributed by atoms with van der Waals surface area (Å²) >= 11 is 0. The lowest BCUT2D eigenvalue weighted by Gasteiger charge is -2.01. The van der Waals surface area contributed by atoms with Crippen LogP contribution in [0.3, 0.4) is 0 Å². The lowest BCUT2D eigenvalue weighted by atomic mass is 10.2. The van der Waals surface area contributed by atoms with Gasteiger partial charge in [0.25, 0.3) is 11.4 Å². The Kier molecular flexibility index (Phi) is 6.25. The van der Waals surface area contributed by atoms with Gasteiger partial charge in [-0.2, -0.15) is 0 Å². The van der Waals surface area contributed by atoms with Gasteiger partial charge in [0.05, 0.1) is 21.9 Å². The molecule has 1 heterocycles. The van der Waals surface area contributed by atoms with E-state index in [0.717, 1.165) is 6.54 Å². The van der Waals surface area contributed by atoms with Crippen LogP contribution in [-0.4, -0.2) is 20.8 Å². The predicted octanol–water partition coefficient (Wildman–Crippen LogP) is -0.310. The first kappa shape index (κ1) is 17.7. The number of carbonyl (C=O) groups excluding carboxylic acids is 1. The van der Waals surface area contributed by atoms with E-state index in [1.54, 1.807) is 6.20 Å². The normalized spacial score (nSPS) is 9.43. The molecule has 0 unspecified atom stereocenters. The third-order valence-electron chi connectivity index (χ3n) is 2.57. The van der Waals surface area contributed by atoms with E-state index < -0.39 is 32.8 Å². The fourth-order valence-corrected chi connectivity index (χ4v) is 1.47. The second-order valence-corrected chi connectivity index (χ2v) is 4.15. The number of hydrogen-bond acceptors (Lipinski definition) is 7. The van der Waals surface area contributed by atoms with Crippen LogP contribution >= 0.6 is 0 Å². The molecule has 2 rings (SSSR count). The quantitative estimate of drug-likeness (QED) is 0.595. The van der Waals surface area contributed by atoms with Crippen molar-refractivity contribution in [3.63, 3.8) is 0 Å². The fraction of sp³-hybridized carbons (Fsp3) is 0.0769. The number of hydrogen-bond donors (Lipinski definition) is 1. The Bertz CT molecular complexity index is 641. The van der Waals surface area contributed by atoms with Crippen LogP contribution in [0.25, 0.3) is 0 Å². The summed E-state index contributed by atoms with van der Waals surface area (Å²) in [6.07, 6.45) is 3.59. The SMILES string of the molecule is O=C([O-])c1cc([N+](=O)[O-])cc([N+](=O)[O-])c1.[NH3+]Cc1cccnc1. The lowest BCUT2D eigenvalue weighted by molar-refractivity contribution is -0.394. The van der Waals surface area contributed by atoms with Crippen LogP contribution in [-0.2, 0) is 6.54 Å². The highest BCUT2D eigenvalue weighted by Crippen LogP contribution is 2.22. The van der Waals surface area contributed by atoms with Crippen molar-refractivity contribution in [1.82, 2.24) is 4.98 Å². The Morgan fingerprint density at radius 1 is 1.13 bits per heavy atom. The first-order chi connectivity index (χ1) is 10.8. The van der Waals surface area contributed by atoms with Crippen molar-refractivity contribution in [2.24, 2.45) is 0 Å². The molecule has 1 aromatic carbocycles. The minimum atomic E-state index is -1.71. The Morgan fingerprint density at radius 2 is 1.70 bits per heavy atom. The number of nitrogens with zero attached hydrogens (tertiary/aromatic N) is 3. The molecule has 0 saturated carbocycles. The van der Waals surface area contributed by atoms with Gasteiger partial charge in [0.15, 0.2) is 0 Å². The van der Waals surface area contributed by atoms with Crippen LogP contribution in [0.1, 0.15) is 15.9 Å². The van der Waals surface area contributed by atoms with Crippen molar-refractivity contribution in [1.29, 1.82) is 0 Å². The van der Waals surface area contributed by atoms with Crippen molar-refractivity contribution in [3.8, 4) is 0 Å². The number of nitro benzene ring substituents is 2. The number of carboxylic acid groups (broad SMARTS) is 1. The van der Waals surface area contributed by atoms with E-state index in [4.69, 9.17) is 0 Å². The second-order valence-electron chi connectivity index (χ2n) is 4.15. The predicted molar refractivity (Wildman–Crippen MR) is 74.9 cm³/mol. The molecule has 0 radical (unpaired) electrons. The van der Waals surface area contributed by atoms with Crippen molar-refractivity contribution in [2.45, 2.75) is 6.54 Å². The summed E-state index contributed by atoms with van der Waals surface area (Å²) in [6.45, 7) is 0.827. The Morgan fingerprint density at radius 3 is 2.00 bits per heavy atom. The summed E-state index contributed by atoms with van der Waals surface area (Å²) in [6, 6.07) is 6.00. The fourth-order valence-electron chi connectivity index (χ4n) is 1.47. The Hall–Kier alpha value is -3.40. The van der Waals surface area contributed by atoms with Crippen LogP contribution in [0.15, 0.2) is 42.7 Å². The first-order valence-corrected chi connectivity index (χ1v) is 6.18. The number of quaternary nitrogens is 1. The number of aromatic nitrogens is 1. The number of carbonyl (C=O) groups is 1. The van der Waals surface area contributed by atoms with E-state index in [1.807, 2.05) is 18.3 Å². The zero-order valence-corrected chi connectivity index (χ0v) is 11.7. The molecule has 120 valence electrons. The molecule has 1 aromatic heterocycles. The highest BCUT2D eigenvalue weighted by Gasteiger charge is 2.16. The van der Waals surface area contributed by atoms with Gasteiger partial charge in [-0.25, -0.2) is 0 Å². The average Bonchev–Trinajstić information content (AvgIpc) is 2.55. The third-order valence-corrected chi connectivity index (χ3v) is 2.57. The van der Waals surface area contributed by atoms with Crippen LogP contribution in [0.5, 0.6) is 0 Å². The lowest BCUT2D eigenvalue weighted by Crippen LogP contribution is -2.47. The van der Waals surface area contributed by atoms with E-state index >= 15 is 0 Å². The largest absolute Gasteiger partial charge is 0.545 e. The van der Waals surface area contributed by atoms with Gasteiger partial charge in [0.2, 0.25) is 0 Å². The van der Waals surface area contributed by atoms with Crippen molar-refractivity contribution in [2.75, 3.05) is 0 Å². The molecule has 10 nitrogen and oxygen atoms in total. The van der Waals surface area contributed by atoms with E-state index in [2.05, 4.69) is 10.7 Å². The highest BCUT2D eigenvalue weighted by atomic mass is 16.6. The molecule has 0 saturated heterocycles. The smallest absolute Gasteiger partial charge is 0.276 e. The summed E-state index contributed by atoms with van der Waals surface area (Å²) in [5.74, 6) is -1.71. The van der Waals surface area contributed by atoms with E-state index in [0.29, 0.717) is 18.2 Å². The van der Waals surface area contributed by atoms with Gasteiger partial charge in [-0.05, 0) is 6.07 Å². The van der Waals surface area contributed by atoms with Gasteiger partial charge >= 0.3 is 0 Å². The van der Waals surface area contributed by atoms with Crippen LogP contribution < -0.4 is 10.8 Å². The van der Waals surface area contributed by atoms with Crippen LogP contribution in [0.2, 0.25) is 0 Å². The molecular formula is C13H12N4O6. The van der Waals surface area contributed by atoms with Gasteiger partial charge in [0.1, 0.15) is 6.54 Å². The zero-order chi connectivity index (χ0) is 17.4. The molecule has 0 aliphatic carbocycles.